The summed E-state index contributed by atoms with van der Waals surface area (Å²) in [7, 11) is 0. The molecule has 1 aliphatic rings. The molecule has 9 heteroatoms. The van der Waals surface area contributed by atoms with Gasteiger partial charge < -0.3 is 5.32 Å². The van der Waals surface area contributed by atoms with E-state index < -0.39 is 24.4 Å². The standard InChI is InChI=1S/C14H13ClF3N3OS/c15-9-3-1-2-4-11(9)20-13(22)21-7-6-19-14(21)23-8-5-10(16)12(17)18/h1-4H,5-8H2,(H,20,22). The number of benzene rings is 1. The molecule has 0 spiro atoms. The van der Waals surface area contributed by atoms with Gasteiger partial charge in [0.25, 0.3) is 0 Å². The highest BCUT2D eigenvalue weighted by Gasteiger charge is 2.24. The molecule has 0 radical (unpaired) electrons. The summed E-state index contributed by atoms with van der Waals surface area (Å²) in [6.07, 6.45) is -2.72. The van der Waals surface area contributed by atoms with E-state index in [1.807, 2.05) is 0 Å². The van der Waals surface area contributed by atoms with Gasteiger partial charge >= 0.3 is 12.1 Å². The predicted molar refractivity (Wildman–Crippen MR) is 86.9 cm³/mol. The van der Waals surface area contributed by atoms with Crippen LogP contribution < -0.4 is 5.32 Å². The first-order valence-corrected chi connectivity index (χ1v) is 8.05. The van der Waals surface area contributed by atoms with E-state index in [1.165, 1.54) is 4.90 Å². The van der Waals surface area contributed by atoms with E-state index in [4.69, 9.17) is 11.6 Å². The van der Waals surface area contributed by atoms with Crippen molar-refractivity contribution >= 4 is 40.2 Å². The summed E-state index contributed by atoms with van der Waals surface area (Å²) in [4.78, 5) is 17.7. The average Bonchev–Trinajstić information content (AvgIpc) is 2.98. The molecule has 1 aliphatic heterocycles. The number of anilines is 1. The summed E-state index contributed by atoms with van der Waals surface area (Å²) >= 11 is 7.03. The highest BCUT2D eigenvalue weighted by molar-refractivity contribution is 8.13. The Morgan fingerprint density at radius 1 is 1.35 bits per heavy atom. The quantitative estimate of drug-likeness (QED) is 0.839. The number of amidine groups is 1. The van der Waals surface area contributed by atoms with Gasteiger partial charge in [0.05, 0.1) is 17.3 Å². The number of thioether (sulfide) groups is 1. The van der Waals surface area contributed by atoms with Gasteiger partial charge in [-0.3, -0.25) is 9.89 Å². The van der Waals surface area contributed by atoms with Crippen LogP contribution in [0.2, 0.25) is 5.02 Å². The molecule has 1 aromatic carbocycles. The van der Waals surface area contributed by atoms with Crippen molar-refractivity contribution in [3.8, 4) is 0 Å². The molecule has 0 atom stereocenters. The van der Waals surface area contributed by atoms with Crippen LogP contribution in [0.4, 0.5) is 23.7 Å². The molecule has 1 N–H and O–H groups in total. The Kier molecular flexibility index (Phi) is 6.35. The molecule has 0 bridgehead atoms. The highest BCUT2D eigenvalue weighted by Crippen LogP contribution is 2.23. The molecule has 0 unspecified atom stereocenters. The number of aliphatic imine (C=N–C) groups is 1. The molecule has 1 aromatic rings. The molecule has 2 amide bonds. The Labute approximate surface area is 140 Å². The fraction of sp³-hybridized carbons (Fsp3) is 0.286. The molecule has 0 fully saturated rings. The number of rotatable bonds is 4. The third-order valence-electron chi connectivity index (χ3n) is 2.92. The van der Waals surface area contributed by atoms with Crippen LogP contribution in [-0.4, -0.2) is 34.9 Å². The molecule has 0 saturated carbocycles. The van der Waals surface area contributed by atoms with Gasteiger partial charge in [-0.2, -0.15) is 8.78 Å². The smallest absolute Gasteiger partial charge is 0.306 e. The maximum Gasteiger partial charge on any atom is 0.328 e. The predicted octanol–water partition coefficient (Wildman–Crippen LogP) is 4.74. The SMILES string of the molecule is O=C(Nc1ccccc1Cl)N1CCN=C1SCCC(F)=C(F)F. The third kappa shape index (κ3) is 4.90. The largest absolute Gasteiger partial charge is 0.328 e. The zero-order valence-corrected chi connectivity index (χ0v) is 13.4. The molecule has 0 aromatic heterocycles. The number of amides is 2. The second-order valence-corrected chi connectivity index (χ2v) is 5.96. The van der Waals surface area contributed by atoms with Crippen LogP contribution in [0, 0.1) is 0 Å². The van der Waals surface area contributed by atoms with Crippen LogP contribution in [0.15, 0.2) is 41.2 Å². The Balaban J connectivity index is 1.92. The van der Waals surface area contributed by atoms with Crippen LogP contribution >= 0.6 is 23.4 Å². The summed E-state index contributed by atoms with van der Waals surface area (Å²) in [5, 5.41) is 3.43. The number of nitrogens with zero attached hydrogens (tertiary/aromatic N) is 2. The molecule has 0 saturated heterocycles. The van der Waals surface area contributed by atoms with Crippen LogP contribution in [-0.2, 0) is 0 Å². The van der Waals surface area contributed by atoms with Crippen molar-refractivity contribution in [3.63, 3.8) is 0 Å². The minimum absolute atomic E-state index is 0.0673. The number of carbonyl (C=O) groups excluding carboxylic acids is 1. The summed E-state index contributed by atoms with van der Waals surface area (Å²) in [5.41, 5.74) is 0.462. The Hall–Kier alpha value is -1.67. The lowest BCUT2D eigenvalue weighted by Gasteiger charge is -2.18. The number of para-hydroxylation sites is 1. The third-order valence-corrected chi connectivity index (χ3v) is 4.27. The number of carbonyl (C=O) groups is 1. The van der Waals surface area contributed by atoms with E-state index in [0.29, 0.717) is 29.0 Å². The molecule has 23 heavy (non-hydrogen) atoms. The van der Waals surface area contributed by atoms with Gasteiger partial charge in [-0.1, -0.05) is 35.5 Å². The van der Waals surface area contributed by atoms with Crippen molar-refractivity contribution in [1.82, 2.24) is 4.90 Å². The van der Waals surface area contributed by atoms with Crippen molar-refractivity contribution in [2.75, 3.05) is 24.2 Å². The van der Waals surface area contributed by atoms with E-state index in [9.17, 15) is 18.0 Å². The molecule has 0 aliphatic carbocycles. The minimum atomic E-state index is -2.31. The summed E-state index contributed by atoms with van der Waals surface area (Å²) < 4.78 is 36.7. The summed E-state index contributed by atoms with van der Waals surface area (Å²) in [6, 6.07) is 6.35. The maximum absolute atomic E-state index is 12.8. The number of hydrogen-bond acceptors (Lipinski definition) is 3. The maximum atomic E-state index is 12.8. The zero-order valence-electron chi connectivity index (χ0n) is 11.9. The van der Waals surface area contributed by atoms with Gasteiger partial charge in [0.1, 0.15) is 0 Å². The number of allylic oxidation sites excluding steroid dienone is 1. The number of halogens is 4. The monoisotopic (exact) mass is 363 g/mol. The first kappa shape index (κ1) is 17.7. The molecule has 4 nitrogen and oxygen atoms in total. The fourth-order valence-corrected chi connectivity index (χ4v) is 2.97. The van der Waals surface area contributed by atoms with Crippen LogP contribution in [0.5, 0.6) is 0 Å². The molecule has 124 valence electrons. The average molecular weight is 364 g/mol. The van der Waals surface area contributed by atoms with Crippen molar-refractivity contribution < 1.29 is 18.0 Å². The second-order valence-electron chi connectivity index (χ2n) is 4.49. The first-order chi connectivity index (χ1) is 11.0. The molecule has 1 heterocycles. The first-order valence-electron chi connectivity index (χ1n) is 6.69. The lowest BCUT2D eigenvalue weighted by molar-refractivity contribution is 0.237. The van der Waals surface area contributed by atoms with Crippen molar-refractivity contribution in [1.29, 1.82) is 0 Å². The Morgan fingerprint density at radius 2 is 2.09 bits per heavy atom. The zero-order chi connectivity index (χ0) is 16.8. The topological polar surface area (TPSA) is 44.7 Å². The molecular weight excluding hydrogens is 351 g/mol. The summed E-state index contributed by atoms with van der Waals surface area (Å²) in [5.74, 6) is -1.37. The van der Waals surface area contributed by atoms with Gasteiger partial charge in [0.2, 0.25) is 0 Å². The lowest BCUT2D eigenvalue weighted by atomic mass is 10.3. The molecular formula is C14H13ClF3N3OS. The number of hydrogen-bond donors (Lipinski definition) is 1. The van der Waals surface area contributed by atoms with Gasteiger partial charge in [0, 0.05) is 18.7 Å². The second kappa shape index (κ2) is 8.26. The van der Waals surface area contributed by atoms with Crippen LogP contribution in [0.25, 0.3) is 0 Å². The Morgan fingerprint density at radius 3 is 2.78 bits per heavy atom. The van der Waals surface area contributed by atoms with E-state index in [0.717, 1.165) is 11.8 Å². The van der Waals surface area contributed by atoms with Crippen molar-refractivity contribution in [3.05, 3.63) is 41.2 Å². The minimum Gasteiger partial charge on any atom is -0.306 e. The van der Waals surface area contributed by atoms with Gasteiger partial charge in [-0.25, -0.2) is 9.18 Å². The van der Waals surface area contributed by atoms with Crippen molar-refractivity contribution in [2.24, 2.45) is 4.99 Å². The number of nitrogens with one attached hydrogen (secondary N) is 1. The molecule has 2 rings (SSSR count). The van der Waals surface area contributed by atoms with E-state index >= 15 is 0 Å². The Bertz CT molecular complexity index is 650. The fourth-order valence-electron chi connectivity index (χ4n) is 1.81. The van der Waals surface area contributed by atoms with Gasteiger partial charge in [0.15, 0.2) is 11.0 Å². The summed E-state index contributed by atoms with van der Waals surface area (Å²) in [6.45, 7) is 0.780. The van der Waals surface area contributed by atoms with E-state index in [-0.39, 0.29) is 5.75 Å². The van der Waals surface area contributed by atoms with Crippen molar-refractivity contribution in [2.45, 2.75) is 6.42 Å². The normalized spacial score (nSPS) is 13.7. The van der Waals surface area contributed by atoms with E-state index in [1.54, 1.807) is 24.3 Å². The number of urea groups is 1. The van der Waals surface area contributed by atoms with E-state index in [2.05, 4.69) is 10.3 Å². The van der Waals surface area contributed by atoms with Gasteiger partial charge in [-0.05, 0) is 12.1 Å². The van der Waals surface area contributed by atoms with Crippen LogP contribution in [0.1, 0.15) is 6.42 Å². The lowest BCUT2D eigenvalue weighted by Crippen LogP contribution is -2.36. The van der Waals surface area contributed by atoms with Crippen LogP contribution in [0.3, 0.4) is 0 Å². The van der Waals surface area contributed by atoms with Gasteiger partial charge in [-0.15, -0.1) is 0 Å². The highest BCUT2D eigenvalue weighted by atomic mass is 35.5.